The highest BCUT2D eigenvalue weighted by Crippen LogP contribution is 2.18. The summed E-state index contributed by atoms with van der Waals surface area (Å²) < 4.78 is 26.2. The van der Waals surface area contributed by atoms with E-state index in [0.29, 0.717) is 18.8 Å². The molecule has 1 aromatic heterocycles. The van der Waals surface area contributed by atoms with E-state index in [0.717, 1.165) is 19.4 Å². The van der Waals surface area contributed by atoms with Crippen LogP contribution in [0.4, 0.5) is 0 Å². The van der Waals surface area contributed by atoms with Gasteiger partial charge < -0.3 is 10.3 Å². The summed E-state index contributed by atoms with van der Waals surface area (Å²) in [7, 11) is -1.81. The molecule has 1 fully saturated rings. The number of aromatic amines is 1. The average molecular weight is 272 g/mol. The Bertz CT molecular complexity index is 491. The summed E-state index contributed by atoms with van der Waals surface area (Å²) in [5, 5.41) is 3.41. The molecule has 18 heavy (non-hydrogen) atoms. The van der Waals surface area contributed by atoms with E-state index in [1.54, 1.807) is 7.05 Å². The highest BCUT2D eigenvalue weighted by atomic mass is 32.2. The highest BCUT2D eigenvalue weighted by molar-refractivity contribution is 7.89. The molecule has 102 valence electrons. The van der Waals surface area contributed by atoms with Gasteiger partial charge in [0.2, 0.25) is 0 Å². The molecule has 0 spiro atoms. The molecule has 2 heterocycles. The van der Waals surface area contributed by atoms with Gasteiger partial charge in [-0.25, -0.2) is 13.4 Å². The lowest BCUT2D eigenvalue weighted by Crippen LogP contribution is -2.46. The van der Waals surface area contributed by atoms with Gasteiger partial charge in [-0.2, -0.15) is 4.31 Å². The SMILES string of the molecule is CCc1ncc(S(=O)(=O)N(C)C2CCCNC2)[nH]1. The molecule has 6 nitrogen and oxygen atoms in total. The van der Waals surface area contributed by atoms with Gasteiger partial charge >= 0.3 is 0 Å². The average Bonchev–Trinajstić information content (AvgIpc) is 2.88. The second kappa shape index (κ2) is 5.38. The van der Waals surface area contributed by atoms with E-state index in [4.69, 9.17) is 0 Å². The van der Waals surface area contributed by atoms with Gasteiger partial charge in [-0.3, -0.25) is 0 Å². The number of H-pyrrole nitrogens is 1. The number of rotatable bonds is 4. The molecular weight excluding hydrogens is 252 g/mol. The Balaban J connectivity index is 2.18. The Hall–Kier alpha value is -0.920. The number of aromatic nitrogens is 2. The topological polar surface area (TPSA) is 78.1 Å². The molecule has 2 rings (SSSR count). The molecule has 0 saturated carbocycles. The van der Waals surface area contributed by atoms with Gasteiger partial charge in [0.1, 0.15) is 5.82 Å². The highest BCUT2D eigenvalue weighted by Gasteiger charge is 2.30. The summed E-state index contributed by atoms with van der Waals surface area (Å²) in [6.45, 7) is 3.61. The Labute approximate surface area is 108 Å². The summed E-state index contributed by atoms with van der Waals surface area (Å²) in [6, 6.07) is 0.0251. The Kier molecular flexibility index (Phi) is 4.04. The van der Waals surface area contributed by atoms with Crippen LogP contribution < -0.4 is 5.32 Å². The van der Waals surface area contributed by atoms with Gasteiger partial charge in [0.15, 0.2) is 5.03 Å². The maximum absolute atomic E-state index is 12.4. The van der Waals surface area contributed by atoms with E-state index in [1.165, 1.54) is 10.5 Å². The zero-order valence-electron chi connectivity index (χ0n) is 10.8. The number of imidazole rings is 1. The predicted molar refractivity (Wildman–Crippen MR) is 68.8 cm³/mol. The van der Waals surface area contributed by atoms with E-state index in [9.17, 15) is 8.42 Å². The van der Waals surface area contributed by atoms with Crippen LogP contribution in [0.5, 0.6) is 0 Å². The zero-order chi connectivity index (χ0) is 13.2. The lowest BCUT2D eigenvalue weighted by atomic mass is 10.1. The molecular formula is C11H20N4O2S. The Morgan fingerprint density at radius 3 is 2.89 bits per heavy atom. The van der Waals surface area contributed by atoms with Crippen LogP contribution in [-0.4, -0.2) is 48.9 Å². The van der Waals surface area contributed by atoms with Crippen molar-refractivity contribution in [1.82, 2.24) is 19.6 Å². The first kappa shape index (κ1) is 13.5. The minimum atomic E-state index is -3.45. The first-order valence-corrected chi connectivity index (χ1v) is 7.72. The Morgan fingerprint density at radius 1 is 1.56 bits per heavy atom. The molecule has 1 aliphatic rings. The first-order chi connectivity index (χ1) is 8.55. The molecule has 0 amide bonds. The fourth-order valence-corrected chi connectivity index (χ4v) is 3.46. The number of piperidine rings is 1. The standard InChI is InChI=1S/C11H20N4O2S/c1-3-10-13-8-11(14-10)18(16,17)15(2)9-5-4-6-12-7-9/h8-9,12H,3-7H2,1-2H3,(H,13,14). The third-order valence-electron chi connectivity index (χ3n) is 3.38. The normalized spacial score (nSPS) is 21.4. The molecule has 1 atom stereocenters. The van der Waals surface area contributed by atoms with Crippen LogP contribution >= 0.6 is 0 Å². The van der Waals surface area contributed by atoms with Gasteiger partial charge in [-0.1, -0.05) is 6.92 Å². The number of nitrogens with zero attached hydrogens (tertiary/aromatic N) is 2. The molecule has 2 N–H and O–H groups in total. The molecule has 1 aromatic rings. The van der Waals surface area contributed by atoms with Gasteiger partial charge in [0, 0.05) is 26.1 Å². The number of hydrogen-bond acceptors (Lipinski definition) is 4. The van der Waals surface area contributed by atoms with Crippen LogP contribution in [0.1, 0.15) is 25.6 Å². The van der Waals surface area contributed by atoms with Crippen molar-refractivity contribution in [3.8, 4) is 0 Å². The summed E-state index contributed by atoms with van der Waals surface area (Å²) >= 11 is 0. The maximum atomic E-state index is 12.4. The van der Waals surface area contributed by atoms with E-state index in [2.05, 4.69) is 15.3 Å². The van der Waals surface area contributed by atoms with Crippen molar-refractivity contribution in [2.24, 2.45) is 0 Å². The van der Waals surface area contributed by atoms with E-state index >= 15 is 0 Å². The summed E-state index contributed by atoms with van der Waals surface area (Å²) in [4.78, 5) is 6.91. The predicted octanol–water partition coefficient (Wildman–Crippen LogP) is 0.345. The van der Waals surface area contributed by atoms with Crippen LogP contribution in [0.3, 0.4) is 0 Å². The van der Waals surface area contributed by atoms with Crippen molar-refractivity contribution < 1.29 is 8.42 Å². The van der Waals surface area contributed by atoms with Crippen LogP contribution in [-0.2, 0) is 16.4 Å². The second-order valence-corrected chi connectivity index (χ2v) is 6.54. The fraction of sp³-hybridized carbons (Fsp3) is 0.727. The summed E-state index contributed by atoms with van der Waals surface area (Å²) in [6.07, 6.45) is 4.01. The van der Waals surface area contributed by atoms with Crippen LogP contribution in [0.25, 0.3) is 0 Å². The summed E-state index contributed by atoms with van der Waals surface area (Å²) in [5.74, 6) is 0.698. The summed E-state index contributed by atoms with van der Waals surface area (Å²) in [5.41, 5.74) is 0. The minimum absolute atomic E-state index is 0.0251. The maximum Gasteiger partial charge on any atom is 0.260 e. The first-order valence-electron chi connectivity index (χ1n) is 6.28. The van der Waals surface area contributed by atoms with Gasteiger partial charge in [0.25, 0.3) is 10.0 Å². The van der Waals surface area contributed by atoms with Crippen molar-refractivity contribution in [2.45, 2.75) is 37.3 Å². The van der Waals surface area contributed by atoms with E-state index in [1.807, 2.05) is 6.92 Å². The second-order valence-electron chi connectivity index (χ2n) is 4.57. The van der Waals surface area contributed by atoms with Crippen molar-refractivity contribution in [3.05, 3.63) is 12.0 Å². The third kappa shape index (κ3) is 2.57. The number of nitrogens with one attached hydrogen (secondary N) is 2. The Morgan fingerprint density at radius 2 is 2.33 bits per heavy atom. The smallest absolute Gasteiger partial charge is 0.260 e. The lowest BCUT2D eigenvalue weighted by molar-refractivity contribution is 0.299. The lowest BCUT2D eigenvalue weighted by Gasteiger charge is -2.30. The van der Waals surface area contributed by atoms with Crippen molar-refractivity contribution in [2.75, 3.05) is 20.1 Å². The molecule has 1 saturated heterocycles. The van der Waals surface area contributed by atoms with E-state index in [-0.39, 0.29) is 11.1 Å². The quantitative estimate of drug-likeness (QED) is 0.829. The minimum Gasteiger partial charge on any atom is -0.332 e. The van der Waals surface area contributed by atoms with E-state index < -0.39 is 10.0 Å². The molecule has 7 heteroatoms. The molecule has 0 aromatic carbocycles. The van der Waals surface area contributed by atoms with Crippen LogP contribution in [0.2, 0.25) is 0 Å². The van der Waals surface area contributed by atoms with Crippen molar-refractivity contribution in [1.29, 1.82) is 0 Å². The fourth-order valence-electron chi connectivity index (χ4n) is 2.15. The van der Waals surface area contributed by atoms with Crippen molar-refractivity contribution in [3.63, 3.8) is 0 Å². The number of likely N-dealkylation sites (N-methyl/N-ethyl adjacent to an activating group) is 1. The van der Waals surface area contributed by atoms with Crippen LogP contribution in [0, 0.1) is 0 Å². The van der Waals surface area contributed by atoms with Gasteiger partial charge in [-0.15, -0.1) is 0 Å². The van der Waals surface area contributed by atoms with Gasteiger partial charge in [-0.05, 0) is 19.4 Å². The van der Waals surface area contributed by atoms with Crippen LogP contribution in [0.15, 0.2) is 11.2 Å². The molecule has 1 unspecified atom stereocenters. The number of aryl methyl sites for hydroxylation is 1. The largest absolute Gasteiger partial charge is 0.332 e. The number of hydrogen-bond donors (Lipinski definition) is 2. The van der Waals surface area contributed by atoms with Crippen molar-refractivity contribution >= 4 is 10.0 Å². The molecule has 0 radical (unpaired) electrons. The third-order valence-corrected chi connectivity index (χ3v) is 5.20. The number of sulfonamides is 1. The molecule has 0 bridgehead atoms. The molecule has 0 aliphatic carbocycles. The monoisotopic (exact) mass is 272 g/mol. The molecule has 1 aliphatic heterocycles. The van der Waals surface area contributed by atoms with Gasteiger partial charge in [0.05, 0.1) is 6.20 Å². The zero-order valence-corrected chi connectivity index (χ0v) is 11.6.